The number of hydrogen-bond acceptors (Lipinski definition) is 3. The number of aryl methyl sites for hydroxylation is 1. The first-order chi connectivity index (χ1) is 10.6. The van der Waals surface area contributed by atoms with Crippen LogP contribution in [0.15, 0.2) is 42.5 Å². The van der Waals surface area contributed by atoms with Crippen molar-refractivity contribution < 1.29 is 9.53 Å². The third kappa shape index (κ3) is 4.48. The Kier molecular flexibility index (Phi) is 5.81. The summed E-state index contributed by atoms with van der Waals surface area (Å²) < 4.78 is 5.24. The number of anilines is 1. The van der Waals surface area contributed by atoms with Crippen LogP contribution in [0.3, 0.4) is 0 Å². The maximum Gasteiger partial charge on any atom is 0.238 e. The average Bonchev–Trinajstić information content (AvgIpc) is 2.51. The fraction of sp³-hybridized carbons (Fsp3) is 0.235. The predicted octanol–water partition coefficient (Wildman–Crippen LogP) is 3.39. The number of halogens is 1. The maximum atomic E-state index is 12.0. The standard InChI is InChI=1S/C17H19ClN2O2/c1-12-8-15(16(22-2)9-14(12)18)20-17(21)11-19-10-13-6-4-3-5-7-13/h3-9,19H,10-11H2,1-2H3,(H,20,21). The molecule has 0 bridgehead atoms. The molecule has 0 fully saturated rings. The monoisotopic (exact) mass is 318 g/mol. The summed E-state index contributed by atoms with van der Waals surface area (Å²) in [5, 5.41) is 6.55. The molecule has 2 rings (SSSR count). The van der Waals surface area contributed by atoms with Gasteiger partial charge < -0.3 is 15.4 Å². The number of carbonyl (C=O) groups is 1. The lowest BCUT2D eigenvalue weighted by Crippen LogP contribution is -2.27. The number of nitrogens with one attached hydrogen (secondary N) is 2. The van der Waals surface area contributed by atoms with Crippen molar-refractivity contribution >= 4 is 23.2 Å². The summed E-state index contributed by atoms with van der Waals surface area (Å²) in [5.74, 6) is 0.419. The van der Waals surface area contributed by atoms with Gasteiger partial charge in [-0.3, -0.25) is 4.79 Å². The molecular weight excluding hydrogens is 300 g/mol. The van der Waals surface area contributed by atoms with E-state index in [1.54, 1.807) is 19.2 Å². The molecular formula is C17H19ClN2O2. The van der Waals surface area contributed by atoms with Crippen molar-refractivity contribution in [2.75, 3.05) is 19.0 Å². The molecule has 0 saturated heterocycles. The molecule has 0 aromatic heterocycles. The molecule has 0 heterocycles. The number of rotatable bonds is 6. The van der Waals surface area contributed by atoms with Gasteiger partial charge in [-0.25, -0.2) is 0 Å². The van der Waals surface area contributed by atoms with E-state index in [0.29, 0.717) is 23.0 Å². The zero-order valence-electron chi connectivity index (χ0n) is 12.7. The minimum absolute atomic E-state index is 0.129. The van der Waals surface area contributed by atoms with Crippen molar-refractivity contribution in [3.05, 3.63) is 58.6 Å². The van der Waals surface area contributed by atoms with Crippen molar-refractivity contribution in [3.8, 4) is 5.75 Å². The highest BCUT2D eigenvalue weighted by atomic mass is 35.5. The van der Waals surface area contributed by atoms with E-state index < -0.39 is 0 Å². The fourth-order valence-electron chi connectivity index (χ4n) is 2.04. The highest BCUT2D eigenvalue weighted by molar-refractivity contribution is 6.31. The van der Waals surface area contributed by atoms with Crippen LogP contribution in [0.1, 0.15) is 11.1 Å². The average molecular weight is 319 g/mol. The Morgan fingerprint density at radius 3 is 2.64 bits per heavy atom. The second-order valence-electron chi connectivity index (χ2n) is 4.94. The van der Waals surface area contributed by atoms with E-state index in [1.165, 1.54) is 0 Å². The molecule has 0 aliphatic carbocycles. The predicted molar refractivity (Wildman–Crippen MR) is 89.5 cm³/mol. The number of carbonyl (C=O) groups excluding carboxylic acids is 1. The van der Waals surface area contributed by atoms with Gasteiger partial charge >= 0.3 is 0 Å². The van der Waals surface area contributed by atoms with Crippen molar-refractivity contribution in [3.63, 3.8) is 0 Å². The molecule has 0 radical (unpaired) electrons. The van der Waals surface area contributed by atoms with E-state index in [2.05, 4.69) is 10.6 Å². The first kappa shape index (κ1) is 16.3. The molecule has 5 heteroatoms. The van der Waals surface area contributed by atoms with Crippen LogP contribution in [0.25, 0.3) is 0 Å². The lowest BCUT2D eigenvalue weighted by atomic mass is 10.2. The zero-order chi connectivity index (χ0) is 15.9. The molecule has 2 aromatic rings. The molecule has 0 atom stereocenters. The van der Waals surface area contributed by atoms with Gasteiger partial charge in [-0.2, -0.15) is 0 Å². The second kappa shape index (κ2) is 7.82. The van der Waals surface area contributed by atoms with Gasteiger partial charge in [-0.15, -0.1) is 0 Å². The van der Waals surface area contributed by atoms with Crippen molar-refractivity contribution in [2.24, 2.45) is 0 Å². The number of benzene rings is 2. The van der Waals surface area contributed by atoms with Gasteiger partial charge in [0.05, 0.1) is 19.3 Å². The largest absolute Gasteiger partial charge is 0.495 e. The van der Waals surface area contributed by atoms with Gasteiger partial charge in [-0.05, 0) is 24.1 Å². The molecule has 116 valence electrons. The quantitative estimate of drug-likeness (QED) is 0.858. The van der Waals surface area contributed by atoms with Gasteiger partial charge in [0.25, 0.3) is 0 Å². The normalized spacial score (nSPS) is 10.3. The lowest BCUT2D eigenvalue weighted by molar-refractivity contribution is -0.115. The molecule has 0 saturated carbocycles. The minimum Gasteiger partial charge on any atom is -0.495 e. The topological polar surface area (TPSA) is 50.4 Å². The lowest BCUT2D eigenvalue weighted by Gasteiger charge is -2.12. The Morgan fingerprint density at radius 1 is 1.23 bits per heavy atom. The Morgan fingerprint density at radius 2 is 1.95 bits per heavy atom. The molecule has 2 aromatic carbocycles. The van der Waals surface area contributed by atoms with Crippen molar-refractivity contribution in [1.29, 1.82) is 0 Å². The van der Waals surface area contributed by atoms with E-state index in [-0.39, 0.29) is 12.5 Å². The summed E-state index contributed by atoms with van der Waals surface area (Å²) in [6, 6.07) is 13.4. The third-order valence-electron chi connectivity index (χ3n) is 3.21. The first-order valence-corrected chi connectivity index (χ1v) is 7.36. The van der Waals surface area contributed by atoms with Crippen LogP contribution in [0, 0.1) is 6.92 Å². The van der Waals surface area contributed by atoms with Gasteiger partial charge in [0, 0.05) is 17.6 Å². The van der Waals surface area contributed by atoms with Crippen LogP contribution in [-0.4, -0.2) is 19.6 Å². The van der Waals surface area contributed by atoms with Gasteiger partial charge in [0.1, 0.15) is 5.75 Å². The summed E-state index contributed by atoms with van der Waals surface area (Å²) in [7, 11) is 1.55. The van der Waals surface area contributed by atoms with Gasteiger partial charge in [-0.1, -0.05) is 41.9 Å². The van der Waals surface area contributed by atoms with Crippen LogP contribution in [0.2, 0.25) is 5.02 Å². The molecule has 0 unspecified atom stereocenters. The molecule has 2 N–H and O–H groups in total. The Bertz CT molecular complexity index is 645. The summed E-state index contributed by atoms with van der Waals surface area (Å²) in [4.78, 5) is 12.0. The smallest absolute Gasteiger partial charge is 0.238 e. The molecule has 4 nitrogen and oxygen atoms in total. The highest BCUT2D eigenvalue weighted by Crippen LogP contribution is 2.30. The van der Waals surface area contributed by atoms with Crippen LogP contribution in [0.5, 0.6) is 5.75 Å². The molecule has 1 amide bonds. The fourth-order valence-corrected chi connectivity index (χ4v) is 2.19. The van der Waals surface area contributed by atoms with E-state index >= 15 is 0 Å². The molecule has 22 heavy (non-hydrogen) atoms. The highest BCUT2D eigenvalue weighted by Gasteiger charge is 2.10. The summed E-state index contributed by atoms with van der Waals surface area (Å²) in [5.41, 5.74) is 2.64. The van der Waals surface area contributed by atoms with Crippen LogP contribution in [-0.2, 0) is 11.3 Å². The minimum atomic E-state index is -0.129. The van der Waals surface area contributed by atoms with E-state index in [4.69, 9.17) is 16.3 Å². The SMILES string of the molecule is COc1cc(Cl)c(C)cc1NC(=O)CNCc1ccccc1. The number of amides is 1. The van der Waals surface area contributed by atoms with E-state index in [1.807, 2.05) is 37.3 Å². The Labute approximate surface area is 135 Å². The second-order valence-corrected chi connectivity index (χ2v) is 5.35. The number of ether oxygens (including phenoxy) is 1. The third-order valence-corrected chi connectivity index (χ3v) is 3.62. The Hall–Kier alpha value is -2.04. The summed E-state index contributed by atoms with van der Waals surface area (Å²) in [6.45, 7) is 2.75. The number of hydrogen-bond donors (Lipinski definition) is 2. The van der Waals surface area contributed by atoms with Crippen molar-refractivity contribution in [1.82, 2.24) is 5.32 Å². The van der Waals surface area contributed by atoms with E-state index in [9.17, 15) is 4.79 Å². The summed E-state index contributed by atoms with van der Waals surface area (Å²) in [6.07, 6.45) is 0. The van der Waals surface area contributed by atoms with Crippen LogP contribution < -0.4 is 15.4 Å². The summed E-state index contributed by atoms with van der Waals surface area (Å²) >= 11 is 6.05. The zero-order valence-corrected chi connectivity index (χ0v) is 13.4. The van der Waals surface area contributed by atoms with Crippen LogP contribution >= 0.6 is 11.6 Å². The van der Waals surface area contributed by atoms with Crippen molar-refractivity contribution in [2.45, 2.75) is 13.5 Å². The van der Waals surface area contributed by atoms with Gasteiger partial charge in [0.2, 0.25) is 5.91 Å². The number of methoxy groups -OCH3 is 1. The Balaban J connectivity index is 1.90. The molecule has 0 aliphatic heterocycles. The molecule has 0 aliphatic rings. The van der Waals surface area contributed by atoms with Gasteiger partial charge in [0.15, 0.2) is 0 Å². The van der Waals surface area contributed by atoms with E-state index in [0.717, 1.165) is 11.1 Å². The first-order valence-electron chi connectivity index (χ1n) is 6.99. The maximum absolute atomic E-state index is 12.0. The molecule has 0 spiro atoms. The van der Waals surface area contributed by atoms with Crippen LogP contribution in [0.4, 0.5) is 5.69 Å².